The average Bonchev–Trinajstić information content (AvgIpc) is 3.54. The highest BCUT2D eigenvalue weighted by molar-refractivity contribution is 5.66. The van der Waals surface area contributed by atoms with Crippen molar-refractivity contribution in [2.45, 2.75) is 31.9 Å². The minimum absolute atomic E-state index is 0.254. The number of piperidine rings is 1. The number of hydrogen-bond donors (Lipinski definition) is 2. The molecule has 4 heterocycles. The highest BCUT2D eigenvalue weighted by Crippen LogP contribution is 2.32. The number of nitrogen functional groups attached to an aromatic ring is 1. The van der Waals surface area contributed by atoms with Crippen molar-refractivity contribution >= 4 is 5.82 Å². The maximum atomic E-state index is 14.1. The Balaban J connectivity index is 1.41. The lowest BCUT2D eigenvalue weighted by atomic mass is 10.1. The zero-order chi connectivity index (χ0) is 22.8. The summed E-state index contributed by atoms with van der Waals surface area (Å²) in [5, 5.41) is 16.3. The lowest BCUT2D eigenvalue weighted by Crippen LogP contribution is -2.31. The fraction of sp³-hybridized carbons (Fsp3) is 0.304. The first-order chi connectivity index (χ1) is 16.1. The summed E-state index contributed by atoms with van der Waals surface area (Å²) in [6.07, 6.45) is 10.4. The molecule has 1 unspecified atom stereocenters. The lowest BCUT2D eigenvalue weighted by molar-refractivity contribution is 0.226. The largest absolute Gasteiger partial charge is 0.482 e. The SMILES string of the molecule is C[C@@H](Oc1cc(-c2cnn(C3CCCNC3)c2)cnc1N)c1cc(F)ccc1-n1nccn1. The smallest absolute Gasteiger partial charge is 0.166 e. The summed E-state index contributed by atoms with van der Waals surface area (Å²) in [7, 11) is 0. The average molecular weight is 449 g/mol. The number of pyridine rings is 1. The monoisotopic (exact) mass is 448 g/mol. The molecule has 0 radical (unpaired) electrons. The van der Waals surface area contributed by atoms with Crippen molar-refractivity contribution in [2.75, 3.05) is 18.8 Å². The van der Waals surface area contributed by atoms with Crippen molar-refractivity contribution in [3.63, 3.8) is 0 Å². The van der Waals surface area contributed by atoms with Crippen LogP contribution in [-0.4, -0.2) is 42.8 Å². The molecule has 5 rings (SSSR count). The highest BCUT2D eigenvalue weighted by atomic mass is 19.1. The topological polar surface area (TPSA) is 109 Å². The predicted octanol–water partition coefficient (Wildman–Crippen LogP) is 3.31. The van der Waals surface area contributed by atoms with E-state index < -0.39 is 6.10 Å². The molecule has 4 aromatic rings. The van der Waals surface area contributed by atoms with Crippen LogP contribution in [0.3, 0.4) is 0 Å². The summed E-state index contributed by atoms with van der Waals surface area (Å²) in [5.41, 5.74) is 9.10. The maximum Gasteiger partial charge on any atom is 0.166 e. The number of rotatable bonds is 6. The molecule has 1 aromatic carbocycles. The van der Waals surface area contributed by atoms with Gasteiger partial charge in [-0.15, -0.1) is 0 Å². The van der Waals surface area contributed by atoms with Crippen LogP contribution in [0.15, 0.2) is 55.2 Å². The van der Waals surface area contributed by atoms with E-state index in [1.54, 1.807) is 24.7 Å². The van der Waals surface area contributed by atoms with Gasteiger partial charge < -0.3 is 15.8 Å². The van der Waals surface area contributed by atoms with Gasteiger partial charge in [-0.2, -0.15) is 20.1 Å². The molecule has 33 heavy (non-hydrogen) atoms. The van der Waals surface area contributed by atoms with Gasteiger partial charge in [-0.05, 0) is 50.6 Å². The number of ether oxygens (including phenoxy) is 1. The van der Waals surface area contributed by atoms with Crippen LogP contribution in [0.2, 0.25) is 0 Å². The molecular formula is C23H25FN8O. The van der Waals surface area contributed by atoms with Gasteiger partial charge in [-0.1, -0.05) is 0 Å². The summed E-state index contributed by atoms with van der Waals surface area (Å²) < 4.78 is 22.2. The minimum atomic E-state index is -0.530. The molecule has 10 heteroatoms. The van der Waals surface area contributed by atoms with Crippen molar-refractivity contribution in [1.29, 1.82) is 0 Å². The van der Waals surface area contributed by atoms with Gasteiger partial charge in [0, 0.05) is 35.6 Å². The van der Waals surface area contributed by atoms with Crippen LogP contribution in [0.5, 0.6) is 5.75 Å². The van der Waals surface area contributed by atoms with Gasteiger partial charge in [0.25, 0.3) is 0 Å². The summed E-state index contributed by atoms with van der Waals surface area (Å²) in [6.45, 7) is 3.78. The van der Waals surface area contributed by atoms with Gasteiger partial charge >= 0.3 is 0 Å². The van der Waals surface area contributed by atoms with E-state index in [4.69, 9.17) is 10.5 Å². The van der Waals surface area contributed by atoms with E-state index in [0.29, 0.717) is 23.0 Å². The molecule has 1 fully saturated rings. The van der Waals surface area contributed by atoms with E-state index in [-0.39, 0.29) is 11.6 Å². The van der Waals surface area contributed by atoms with Gasteiger partial charge in [0.05, 0.1) is 30.3 Å². The Labute approximate surface area is 190 Å². The van der Waals surface area contributed by atoms with Crippen LogP contribution in [-0.2, 0) is 0 Å². The summed E-state index contributed by atoms with van der Waals surface area (Å²) in [6, 6.07) is 6.58. The fourth-order valence-corrected chi connectivity index (χ4v) is 4.08. The quantitative estimate of drug-likeness (QED) is 0.466. The van der Waals surface area contributed by atoms with Crippen LogP contribution >= 0.6 is 0 Å². The van der Waals surface area contributed by atoms with Crippen molar-refractivity contribution in [2.24, 2.45) is 0 Å². The van der Waals surface area contributed by atoms with Crippen LogP contribution in [0.4, 0.5) is 10.2 Å². The Morgan fingerprint density at radius 3 is 2.79 bits per heavy atom. The molecular weight excluding hydrogens is 423 g/mol. The second kappa shape index (κ2) is 8.99. The number of anilines is 1. The molecule has 0 aliphatic carbocycles. The van der Waals surface area contributed by atoms with Crippen molar-refractivity contribution in [3.05, 3.63) is 66.6 Å². The second-order valence-corrected chi connectivity index (χ2v) is 8.10. The summed E-state index contributed by atoms with van der Waals surface area (Å²) >= 11 is 0. The van der Waals surface area contributed by atoms with Crippen molar-refractivity contribution in [1.82, 2.24) is 35.1 Å². The van der Waals surface area contributed by atoms with E-state index in [9.17, 15) is 4.39 Å². The molecule has 1 saturated heterocycles. The zero-order valence-corrected chi connectivity index (χ0v) is 18.2. The minimum Gasteiger partial charge on any atom is -0.482 e. The maximum absolute atomic E-state index is 14.1. The number of nitrogens with one attached hydrogen (secondary N) is 1. The number of nitrogens with zero attached hydrogens (tertiary/aromatic N) is 6. The van der Waals surface area contributed by atoms with E-state index >= 15 is 0 Å². The lowest BCUT2D eigenvalue weighted by Gasteiger charge is -2.22. The summed E-state index contributed by atoms with van der Waals surface area (Å²) in [4.78, 5) is 5.74. The normalized spacial score (nSPS) is 17.1. The first-order valence-corrected chi connectivity index (χ1v) is 10.9. The molecule has 3 aromatic heterocycles. The van der Waals surface area contributed by atoms with Crippen LogP contribution in [0.25, 0.3) is 16.8 Å². The Morgan fingerprint density at radius 2 is 2.00 bits per heavy atom. The number of nitrogens with two attached hydrogens (primary N) is 1. The first kappa shape index (κ1) is 21.1. The predicted molar refractivity (Wildman–Crippen MR) is 121 cm³/mol. The Hall–Kier alpha value is -3.79. The number of benzene rings is 1. The van der Waals surface area contributed by atoms with Crippen LogP contribution < -0.4 is 15.8 Å². The van der Waals surface area contributed by atoms with Gasteiger partial charge in [0.1, 0.15) is 11.9 Å². The number of aromatic nitrogens is 6. The third-order valence-corrected chi connectivity index (χ3v) is 5.83. The van der Waals surface area contributed by atoms with E-state index in [1.807, 2.05) is 30.1 Å². The Kier molecular flexibility index (Phi) is 5.74. The van der Waals surface area contributed by atoms with Gasteiger partial charge in [0.2, 0.25) is 0 Å². The molecule has 0 saturated carbocycles. The Bertz CT molecular complexity index is 1230. The molecule has 1 aliphatic rings. The molecule has 2 atom stereocenters. The van der Waals surface area contributed by atoms with Gasteiger partial charge in [0.15, 0.2) is 11.6 Å². The highest BCUT2D eigenvalue weighted by Gasteiger charge is 2.19. The molecule has 0 bridgehead atoms. The fourth-order valence-electron chi connectivity index (χ4n) is 4.08. The van der Waals surface area contributed by atoms with Crippen molar-refractivity contribution in [3.8, 4) is 22.6 Å². The molecule has 0 spiro atoms. The Morgan fingerprint density at radius 1 is 1.15 bits per heavy atom. The van der Waals surface area contributed by atoms with Gasteiger partial charge in [-0.3, -0.25) is 4.68 Å². The number of halogens is 1. The van der Waals surface area contributed by atoms with Crippen LogP contribution in [0.1, 0.15) is 37.5 Å². The molecule has 1 aliphatic heterocycles. The van der Waals surface area contributed by atoms with E-state index in [0.717, 1.165) is 37.1 Å². The molecule has 170 valence electrons. The molecule has 3 N–H and O–H groups in total. The summed E-state index contributed by atoms with van der Waals surface area (Å²) in [5.74, 6) is 0.293. The third kappa shape index (κ3) is 4.42. The second-order valence-electron chi connectivity index (χ2n) is 8.10. The first-order valence-electron chi connectivity index (χ1n) is 10.9. The zero-order valence-electron chi connectivity index (χ0n) is 18.2. The molecule has 0 amide bonds. The van der Waals surface area contributed by atoms with Gasteiger partial charge in [-0.25, -0.2) is 9.37 Å². The van der Waals surface area contributed by atoms with Crippen molar-refractivity contribution < 1.29 is 9.13 Å². The number of hydrogen-bond acceptors (Lipinski definition) is 7. The molecule has 9 nitrogen and oxygen atoms in total. The third-order valence-electron chi connectivity index (χ3n) is 5.83. The van der Waals surface area contributed by atoms with Crippen LogP contribution in [0, 0.1) is 5.82 Å². The standard InChI is InChI=1S/C23H25FN8O/c1-15(20-10-18(24)4-5-21(20)32-28-7-8-29-32)33-22-9-16(11-27-23(22)25)17-12-30-31(14-17)19-3-2-6-26-13-19/h4-5,7-12,14-15,19,26H,2-3,6,13H2,1H3,(H2,25,27)/t15-,19?/m1/s1. The van der Waals surface area contributed by atoms with E-state index in [1.165, 1.54) is 16.9 Å². The van der Waals surface area contributed by atoms with E-state index in [2.05, 4.69) is 25.6 Å².